The van der Waals surface area contributed by atoms with Gasteiger partial charge in [0.05, 0.1) is 0 Å². The van der Waals surface area contributed by atoms with E-state index in [4.69, 9.17) is 15.9 Å². The molecule has 0 saturated carbocycles. The van der Waals surface area contributed by atoms with Crippen LogP contribution in [0.2, 0.25) is 0 Å². The molecule has 0 aliphatic heterocycles. The monoisotopic (exact) mass is 308 g/mol. The molecular weight excluding hydrogens is 288 g/mol. The number of hydrogen-bond donors (Lipinski definition) is 2. The van der Waals surface area contributed by atoms with E-state index in [0.29, 0.717) is 12.2 Å². The van der Waals surface area contributed by atoms with E-state index >= 15 is 0 Å². The number of nitrogens with two attached hydrogens (primary N) is 1. The van der Waals surface area contributed by atoms with Gasteiger partial charge in [-0.2, -0.15) is 0 Å². The van der Waals surface area contributed by atoms with E-state index in [0.717, 1.165) is 18.4 Å². The number of esters is 1. The molecule has 4 nitrogen and oxygen atoms in total. The van der Waals surface area contributed by atoms with Gasteiger partial charge in [-0.25, -0.2) is 0 Å². The molecule has 0 aliphatic carbocycles. The molecule has 0 heterocycles. The maximum atomic E-state index is 11.8. The number of aryl methyl sites for hydroxylation is 1. The van der Waals surface area contributed by atoms with Crippen LogP contribution in [0.4, 0.5) is 0 Å². The number of nitrogens with one attached hydrogen (secondary N) is 1. The largest absolute Gasteiger partial charge is 0.427 e. The first-order chi connectivity index (χ1) is 11.1. The smallest absolute Gasteiger partial charge is 0.311 e. The predicted molar refractivity (Wildman–Crippen MR) is 92.4 cm³/mol. The number of benzene rings is 2. The Bertz CT molecular complexity index is 676. The van der Waals surface area contributed by atoms with Crippen LogP contribution in [0.15, 0.2) is 60.7 Å². The lowest BCUT2D eigenvalue weighted by molar-refractivity contribution is -0.134. The number of carbonyl (C=O) groups excluding carboxylic acids is 1. The fourth-order valence-corrected chi connectivity index (χ4v) is 2.10. The van der Waals surface area contributed by atoms with Gasteiger partial charge in [0.15, 0.2) is 0 Å². The van der Waals surface area contributed by atoms with E-state index in [1.165, 1.54) is 11.6 Å². The van der Waals surface area contributed by atoms with Gasteiger partial charge >= 0.3 is 5.97 Å². The molecule has 0 bridgehead atoms. The highest BCUT2D eigenvalue weighted by Crippen LogP contribution is 2.14. The van der Waals surface area contributed by atoms with Gasteiger partial charge in [-0.1, -0.05) is 48.5 Å². The lowest BCUT2D eigenvalue weighted by atomic mass is 10.1. The Labute approximate surface area is 136 Å². The van der Waals surface area contributed by atoms with Crippen LogP contribution in [0.1, 0.15) is 24.0 Å². The molecule has 0 aliphatic rings. The number of hydrogen-bond acceptors (Lipinski definition) is 3. The van der Waals surface area contributed by atoms with Crippen molar-refractivity contribution >= 4 is 17.9 Å². The van der Waals surface area contributed by atoms with Crippen LogP contribution in [0.3, 0.4) is 0 Å². The molecule has 118 valence electrons. The van der Waals surface area contributed by atoms with Crippen molar-refractivity contribution in [2.75, 3.05) is 0 Å². The molecule has 2 aromatic carbocycles. The number of rotatable bonds is 7. The second-order valence-electron chi connectivity index (χ2n) is 5.17. The van der Waals surface area contributed by atoms with Gasteiger partial charge in [0.25, 0.3) is 0 Å². The van der Waals surface area contributed by atoms with E-state index in [2.05, 4.69) is 12.1 Å². The zero-order valence-electron chi connectivity index (χ0n) is 12.9. The Kier molecular flexibility index (Phi) is 6.12. The topological polar surface area (TPSA) is 76.2 Å². The fourth-order valence-electron chi connectivity index (χ4n) is 2.10. The molecule has 4 heteroatoms. The maximum absolute atomic E-state index is 11.8. The normalized spacial score (nSPS) is 10.6. The average molecular weight is 308 g/mol. The highest BCUT2D eigenvalue weighted by atomic mass is 16.5. The fraction of sp³-hybridized carbons (Fsp3) is 0.158. The first-order valence-corrected chi connectivity index (χ1v) is 7.50. The molecule has 0 atom stereocenters. The van der Waals surface area contributed by atoms with Crippen LogP contribution >= 0.6 is 0 Å². The van der Waals surface area contributed by atoms with Gasteiger partial charge in [0.1, 0.15) is 11.6 Å². The Morgan fingerprint density at radius 2 is 1.78 bits per heavy atom. The molecule has 23 heavy (non-hydrogen) atoms. The van der Waals surface area contributed by atoms with Crippen molar-refractivity contribution in [2.45, 2.75) is 19.3 Å². The van der Waals surface area contributed by atoms with Crippen LogP contribution in [0.25, 0.3) is 6.08 Å². The van der Waals surface area contributed by atoms with Gasteiger partial charge in [0.2, 0.25) is 0 Å². The number of ether oxygens (including phenoxy) is 1. The minimum atomic E-state index is -0.229. The summed E-state index contributed by atoms with van der Waals surface area (Å²) >= 11 is 0. The summed E-state index contributed by atoms with van der Waals surface area (Å²) in [4.78, 5) is 11.8. The zero-order valence-corrected chi connectivity index (χ0v) is 12.9. The second-order valence-corrected chi connectivity index (χ2v) is 5.17. The molecule has 0 aromatic heterocycles. The predicted octanol–water partition coefficient (Wildman–Crippen LogP) is 3.56. The summed E-state index contributed by atoms with van der Waals surface area (Å²) in [5.41, 5.74) is 7.37. The van der Waals surface area contributed by atoms with Crippen LogP contribution < -0.4 is 10.5 Å². The molecule has 0 fully saturated rings. The summed E-state index contributed by atoms with van der Waals surface area (Å²) in [5, 5.41) is 7.13. The van der Waals surface area contributed by atoms with Crippen molar-refractivity contribution < 1.29 is 9.53 Å². The molecule has 2 rings (SSSR count). The summed E-state index contributed by atoms with van der Waals surface area (Å²) in [5.74, 6) is 0.293. The number of amidine groups is 1. The van der Waals surface area contributed by atoms with Gasteiger partial charge in [-0.05, 0) is 42.2 Å². The summed E-state index contributed by atoms with van der Waals surface area (Å²) in [7, 11) is 0. The Balaban J connectivity index is 1.77. The van der Waals surface area contributed by atoms with Crippen molar-refractivity contribution in [1.82, 2.24) is 0 Å². The standard InChI is InChI=1S/C19H20N2O2/c20-18(21)14-11-16-9-12-17(13-10-16)23-19(22)8-4-7-15-5-2-1-3-6-15/h1-3,5-6,9-14H,4,7-8H2,(H3,20,21). The van der Waals surface area contributed by atoms with Gasteiger partial charge in [-0.3, -0.25) is 10.2 Å². The van der Waals surface area contributed by atoms with Gasteiger partial charge < -0.3 is 10.5 Å². The third-order valence-corrected chi connectivity index (χ3v) is 3.26. The van der Waals surface area contributed by atoms with E-state index < -0.39 is 0 Å². The van der Waals surface area contributed by atoms with Crippen LogP contribution in [0.5, 0.6) is 5.75 Å². The highest BCUT2D eigenvalue weighted by molar-refractivity contribution is 5.92. The van der Waals surface area contributed by atoms with Crippen molar-refractivity contribution in [1.29, 1.82) is 5.41 Å². The third kappa shape index (κ3) is 6.18. The van der Waals surface area contributed by atoms with Crippen molar-refractivity contribution in [3.63, 3.8) is 0 Å². The second kappa shape index (κ2) is 8.54. The summed E-state index contributed by atoms with van der Waals surface area (Å²) in [6, 6.07) is 17.2. The molecule has 3 N–H and O–H groups in total. The third-order valence-electron chi connectivity index (χ3n) is 3.26. The molecule has 0 saturated heterocycles. The molecule has 0 unspecified atom stereocenters. The van der Waals surface area contributed by atoms with Crippen molar-refractivity contribution in [3.05, 3.63) is 71.8 Å². The minimum absolute atomic E-state index is 0.001000. The lowest BCUT2D eigenvalue weighted by Crippen LogP contribution is -2.08. The van der Waals surface area contributed by atoms with Crippen LogP contribution in [-0.4, -0.2) is 11.8 Å². The Morgan fingerprint density at radius 3 is 2.43 bits per heavy atom. The first-order valence-electron chi connectivity index (χ1n) is 7.50. The SMILES string of the molecule is N=C(N)C=Cc1ccc(OC(=O)CCCc2ccccc2)cc1. The van der Waals surface area contributed by atoms with Gasteiger partial charge in [0, 0.05) is 6.42 Å². The molecule has 0 amide bonds. The van der Waals surface area contributed by atoms with Crippen molar-refractivity contribution in [3.8, 4) is 5.75 Å². The lowest BCUT2D eigenvalue weighted by Gasteiger charge is -2.05. The highest BCUT2D eigenvalue weighted by Gasteiger charge is 2.05. The summed E-state index contributed by atoms with van der Waals surface area (Å²) in [6.07, 6.45) is 5.26. The Hall–Kier alpha value is -2.88. The minimum Gasteiger partial charge on any atom is -0.427 e. The number of carbonyl (C=O) groups is 1. The molecular formula is C19H20N2O2. The van der Waals surface area contributed by atoms with Crippen molar-refractivity contribution in [2.24, 2.45) is 5.73 Å². The van der Waals surface area contributed by atoms with Crippen LogP contribution in [-0.2, 0) is 11.2 Å². The molecule has 0 spiro atoms. The van der Waals surface area contributed by atoms with E-state index in [9.17, 15) is 4.79 Å². The molecule has 2 aromatic rings. The first kappa shape index (κ1) is 16.5. The Morgan fingerprint density at radius 1 is 1.09 bits per heavy atom. The van der Waals surface area contributed by atoms with Crippen LogP contribution in [0, 0.1) is 5.41 Å². The average Bonchev–Trinajstić information content (AvgIpc) is 2.55. The summed E-state index contributed by atoms with van der Waals surface area (Å²) < 4.78 is 5.30. The van der Waals surface area contributed by atoms with E-state index in [1.807, 2.05) is 30.3 Å². The summed E-state index contributed by atoms with van der Waals surface area (Å²) in [6.45, 7) is 0. The quantitative estimate of drug-likeness (QED) is 0.355. The maximum Gasteiger partial charge on any atom is 0.311 e. The van der Waals surface area contributed by atoms with Gasteiger partial charge in [-0.15, -0.1) is 0 Å². The van der Waals surface area contributed by atoms with E-state index in [-0.39, 0.29) is 11.8 Å². The van der Waals surface area contributed by atoms with E-state index in [1.54, 1.807) is 18.2 Å². The molecule has 0 radical (unpaired) electrons. The zero-order chi connectivity index (χ0) is 16.5.